The second-order valence-electron chi connectivity index (χ2n) is 6.83. The molecule has 0 saturated heterocycles. The van der Waals surface area contributed by atoms with Gasteiger partial charge in [-0.25, -0.2) is 9.48 Å². The quantitative estimate of drug-likeness (QED) is 0.259. The molecule has 7 nitrogen and oxygen atoms in total. The summed E-state index contributed by atoms with van der Waals surface area (Å²) in [4.78, 5) is 30.9. The number of nitrogens with zero attached hydrogens (tertiary/aromatic N) is 3. The number of para-hydroxylation sites is 1. The first-order valence-corrected chi connectivity index (χ1v) is 11.7. The van der Waals surface area contributed by atoms with Gasteiger partial charge >= 0.3 is 5.97 Å². The summed E-state index contributed by atoms with van der Waals surface area (Å²) in [5.41, 5.74) is 1.39. The van der Waals surface area contributed by atoms with Crippen LogP contribution in [-0.4, -0.2) is 26.6 Å². The molecule has 0 bridgehead atoms. The molecule has 5 rings (SSSR count). The van der Waals surface area contributed by atoms with E-state index in [-0.39, 0.29) is 11.7 Å². The van der Waals surface area contributed by atoms with Crippen LogP contribution in [0.1, 0.15) is 20.3 Å². The normalized spacial score (nSPS) is 10.7. The zero-order valence-electron chi connectivity index (χ0n) is 17.0. The zero-order chi connectivity index (χ0) is 22.6. The van der Waals surface area contributed by atoms with Crippen LogP contribution in [0.3, 0.4) is 0 Å². The summed E-state index contributed by atoms with van der Waals surface area (Å²) in [6.45, 7) is 0. The molecule has 1 N–H and O–H groups in total. The van der Waals surface area contributed by atoms with E-state index in [0.29, 0.717) is 22.1 Å². The maximum Gasteiger partial charge on any atom is 0.383 e. The highest BCUT2D eigenvalue weighted by Gasteiger charge is 2.21. The van der Waals surface area contributed by atoms with Gasteiger partial charge in [-0.15, -0.1) is 27.8 Å². The first-order valence-electron chi connectivity index (χ1n) is 9.91. The second-order valence-corrected chi connectivity index (χ2v) is 8.72. The summed E-state index contributed by atoms with van der Waals surface area (Å²) in [6, 6.07) is 23.4. The molecule has 162 valence electrons. The van der Waals surface area contributed by atoms with Crippen LogP contribution in [0.25, 0.3) is 16.4 Å². The van der Waals surface area contributed by atoms with Gasteiger partial charge in [0.05, 0.1) is 15.4 Å². The Labute approximate surface area is 196 Å². The van der Waals surface area contributed by atoms with Crippen molar-refractivity contribution in [1.29, 1.82) is 0 Å². The summed E-state index contributed by atoms with van der Waals surface area (Å²) < 4.78 is 7.10. The van der Waals surface area contributed by atoms with Crippen LogP contribution in [0.15, 0.2) is 89.6 Å². The second kappa shape index (κ2) is 9.19. The van der Waals surface area contributed by atoms with Crippen LogP contribution in [-0.2, 0) is 0 Å². The number of thiophene rings is 2. The molecular formula is C24H16N4O3S2. The lowest BCUT2D eigenvalue weighted by molar-refractivity contribution is 0.0721. The number of rotatable bonds is 6. The molecule has 0 saturated carbocycles. The van der Waals surface area contributed by atoms with Gasteiger partial charge in [-0.3, -0.25) is 4.79 Å². The van der Waals surface area contributed by atoms with Crippen molar-refractivity contribution in [3.05, 3.63) is 100 Å². The monoisotopic (exact) mass is 472 g/mol. The maximum atomic E-state index is 12.8. The molecule has 0 unspecified atom stereocenters. The first kappa shape index (κ1) is 20.8. The number of esters is 1. The molecule has 1 amide bonds. The van der Waals surface area contributed by atoms with Gasteiger partial charge in [-0.05, 0) is 59.3 Å². The van der Waals surface area contributed by atoms with Gasteiger partial charge in [0.15, 0.2) is 5.82 Å². The van der Waals surface area contributed by atoms with Crippen molar-refractivity contribution < 1.29 is 14.3 Å². The topological polar surface area (TPSA) is 86.1 Å². The molecule has 0 radical (unpaired) electrons. The molecule has 5 aromatic rings. The summed E-state index contributed by atoms with van der Waals surface area (Å²) in [5.74, 6) is -0.0145. The largest absolute Gasteiger partial charge is 0.421 e. The number of amides is 1. The Kier molecular flexibility index (Phi) is 5.79. The summed E-state index contributed by atoms with van der Waals surface area (Å²) in [5, 5.41) is 11.0. The van der Waals surface area contributed by atoms with E-state index in [4.69, 9.17) is 4.74 Å². The number of benzene rings is 2. The number of hydrogen-bond donors (Lipinski definition) is 1. The Morgan fingerprint density at radius 1 is 0.848 bits per heavy atom. The van der Waals surface area contributed by atoms with Crippen LogP contribution >= 0.6 is 22.7 Å². The number of carbonyl (C=O) groups is 2. The van der Waals surface area contributed by atoms with Gasteiger partial charge in [0.1, 0.15) is 5.75 Å². The van der Waals surface area contributed by atoms with Gasteiger partial charge in [-0.2, -0.15) is 4.98 Å². The van der Waals surface area contributed by atoms with Gasteiger partial charge in [0.2, 0.25) is 0 Å². The first-order chi connectivity index (χ1) is 16.2. The SMILES string of the molecule is O=C(Oc1ccc(NC(=O)c2cccs2)cc1)c1nc(-c2cccs2)n(-c2ccccc2)n1. The third kappa shape index (κ3) is 4.59. The molecule has 2 aromatic carbocycles. The van der Waals surface area contributed by atoms with Crippen LogP contribution in [0.5, 0.6) is 5.75 Å². The molecule has 3 aromatic heterocycles. The number of carbonyl (C=O) groups excluding carboxylic acids is 2. The van der Waals surface area contributed by atoms with Crippen LogP contribution in [0.4, 0.5) is 5.69 Å². The van der Waals surface area contributed by atoms with E-state index in [1.165, 1.54) is 22.7 Å². The number of hydrogen-bond acceptors (Lipinski definition) is 7. The molecule has 0 fully saturated rings. The molecule has 3 heterocycles. The fraction of sp³-hybridized carbons (Fsp3) is 0. The lowest BCUT2D eigenvalue weighted by Gasteiger charge is -2.05. The number of ether oxygens (including phenoxy) is 1. The molecule has 0 aliphatic rings. The van der Waals surface area contributed by atoms with Crippen LogP contribution in [0, 0.1) is 0 Å². The van der Waals surface area contributed by atoms with Crippen molar-refractivity contribution in [3.8, 4) is 22.1 Å². The average Bonchev–Trinajstić information content (AvgIpc) is 3.62. The van der Waals surface area contributed by atoms with Crippen molar-refractivity contribution in [1.82, 2.24) is 14.8 Å². The Morgan fingerprint density at radius 2 is 1.61 bits per heavy atom. The fourth-order valence-corrected chi connectivity index (χ4v) is 4.39. The third-order valence-electron chi connectivity index (χ3n) is 4.60. The summed E-state index contributed by atoms with van der Waals surface area (Å²) in [6.07, 6.45) is 0. The number of nitrogens with one attached hydrogen (secondary N) is 1. The van der Waals surface area contributed by atoms with Crippen LogP contribution in [0.2, 0.25) is 0 Å². The smallest absolute Gasteiger partial charge is 0.383 e. The Morgan fingerprint density at radius 3 is 2.30 bits per heavy atom. The standard InChI is InChI=1S/C24H16N4O3S2/c29-23(20-9-5-15-33-20)25-16-10-12-18(13-11-16)31-24(30)21-26-22(19-8-4-14-32-19)28(27-21)17-6-2-1-3-7-17/h1-15H,(H,25,29). The van der Waals surface area contributed by atoms with Gasteiger partial charge in [-0.1, -0.05) is 30.3 Å². The Bertz CT molecular complexity index is 1380. The van der Waals surface area contributed by atoms with Gasteiger partial charge in [0.25, 0.3) is 11.7 Å². The Balaban J connectivity index is 1.34. The minimum Gasteiger partial charge on any atom is -0.421 e. The molecule has 9 heteroatoms. The number of anilines is 1. The van der Waals surface area contributed by atoms with Crippen molar-refractivity contribution in [3.63, 3.8) is 0 Å². The lowest BCUT2D eigenvalue weighted by Crippen LogP contribution is -2.12. The van der Waals surface area contributed by atoms with E-state index >= 15 is 0 Å². The van der Waals surface area contributed by atoms with Crippen molar-refractivity contribution in [2.24, 2.45) is 0 Å². The van der Waals surface area contributed by atoms with Crippen molar-refractivity contribution in [2.45, 2.75) is 0 Å². The molecule has 0 atom stereocenters. The van der Waals surface area contributed by atoms with E-state index < -0.39 is 5.97 Å². The molecule has 0 aliphatic heterocycles. The average molecular weight is 473 g/mol. The van der Waals surface area contributed by atoms with Gasteiger partial charge < -0.3 is 10.1 Å². The van der Waals surface area contributed by atoms with Gasteiger partial charge in [0, 0.05) is 5.69 Å². The van der Waals surface area contributed by atoms with E-state index in [1.54, 1.807) is 35.0 Å². The highest BCUT2D eigenvalue weighted by Crippen LogP contribution is 2.26. The van der Waals surface area contributed by atoms with E-state index in [9.17, 15) is 9.59 Å². The Hall–Kier alpha value is -4.08. The molecular weight excluding hydrogens is 456 g/mol. The fourth-order valence-electron chi connectivity index (χ4n) is 3.07. The van der Waals surface area contributed by atoms with Crippen LogP contribution < -0.4 is 10.1 Å². The third-order valence-corrected chi connectivity index (χ3v) is 6.33. The summed E-state index contributed by atoms with van der Waals surface area (Å²) in [7, 11) is 0. The minimum atomic E-state index is -0.669. The summed E-state index contributed by atoms with van der Waals surface area (Å²) >= 11 is 2.87. The lowest BCUT2D eigenvalue weighted by atomic mass is 10.3. The highest BCUT2D eigenvalue weighted by molar-refractivity contribution is 7.13. The zero-order valence-corrected chi connectivity index (χ0v) is 18.7. The van der Waals surface area contributed by atoms with Crippen molar-refractivity contribution in [2.75, 3.05) is 5.32 Å². The predicted molar refractivity (Wildman–Crippen MR) is 128 cm³/mol. The highest BCUT2D eigenvalue weighted by atomic mass is 32.1. The van der Waals surface area contributed by atoms with E-state index in [1.807, 2.05) is 59.3 Å². The van der Waals surface area contributed by atoms with E-state index in [0.717, 1.165) is 10.6 Å². The minimum absolute atomic E-state index is 0.0441. The molecule has 0 spiro atoms. The predicted octanol–water partition coefficient (Wildman–Crippen LogP) is 5.53. The number of aromatic nitrogens is 3. The molecule has 33 heavy (non-hydrogen) atoms. The van der Waals surface area contributed by atoms with E-state index in [2.05, 4.69) is 15.4 Å². The molecule has 0 aliphatic carbocycles. The maximum absolute atomic E-state index is 12.8. The van der Waals surface area contributed by atoms with Crippen molar-refractivity contribution >= 4 is 40.2 Å².